The summed E-state index contributed by atoms with van der Waals surface area (Å²) in [6.07, 6.45) is 26.7. The smallest absolute Gasteiger partial charge is 0.330 e. The Balaban J connectivity index is 3.11. The van der Waals surface area contributed by atoms with Crippen LogP contribution in [0.2, 0.25) is 0 Å². The van der Waals surface area contributed by atoms with Crippen molar-refractivity contribution in [2.75, 3.05) is 12.4 Å². The lowest BCUT2D eigenvalue weighted by atomic mass is 10.0. The van der Waals surface area contributed by atoms with E-state index in [0.717, 1.165) is 6.42 Å². The molecule has 0 aromatic rings. The highest BCUT2D eigenvalue weighted by molar-refractivity contribution is 7.80. The molecule has 0 spiro atoms. The molecule has 2 nitrogen and oxygen atoms in total. The predicted molar refractivity (Wildman–Crippen MR) is 118 cm³/mol. The lowest BCUT2D eigenvalue weighted by Gasteiger charge is -2.03. The number of rotatable bonds is 20. The standard InChI is InChI=1S/C23H44O2S/c1-2-3-4-5-6-7-8-9-10-11-12-13-14-15-16-17-18-19-20-23(24)25-21-22-26/h19-20,26H,2-18,21-22H2,1H3/b20-19+. The van der Waals surface area contributed by atoms with E-state index in [2.05, 4.69) is 19.6 Å². The van der Waals surface area contributed by atoms with Crippen LogP contribution in [0.5, 0.6) is 0 Å². The van der Waals surface area contributed by atoms with Gasteiger partial charge in [-0.25, -0.2) is 4.79 Å². The van der Waals surface area contributed by atoms with Crippen molar-refractivity contribution >= 4 is 18.6 Å². The maximum atomic E-state index is 11.2. The third-order valence-electron chi connectivity index (χ3n) is 4.81. The van der Waals surface area contributed by atoms with Gasteiger partial charge in [-0.1, -0.05) is 109 Å². The highest BCUT2D eigenvalue weighted by Gasteiger charge is 1.96. The molecule has 0 N–H and O–H groups in total. The minimum Gasteiger partial charge on any atom is -0.462 e. The van der Waals surface area contributed by atoms with Crippen LogP contribution in [0.15, 0.2) is 12.2 Å². The average Bonchev–Trinajstić information content (AvgIpc) is 2.65. The summed E-state index contributed by atoms with van der Waals surface area (Å²) < 4.78 is 4.92. The predicted octanol–water partition coefficient (Wildman–Crippen LogP) is 7.67. The summed E-state index contributed by atoms with van der Waals surface area (Å²) in [5, 5.41) is 0. The van der Waals surface area contributed by atoms with Crippen LogP contribution in [0, 0.1) is 0 Å². The van der Waals surface area contributed by atoms with Gasteiger partial charge in [0.05, 0.1) is 0 Å². The summed E-state index contributed by atoms with van der Waals surface area (Å²) >= 11 is 4.00. The van der Waals surface area contributed by atoms with E-state index in [0.29, 0.717) is 12.4 Å². The molecule has 0 saturated heterocycles. The molecule has 3 heteroatoms. The third kappa shape index (κ3) is 21.6. The number of ether oxygens (including phenoxy) is 1. The SMILES string of the molecule is CCCCCCCCCCCCCCCCCC/C=C/C(=O)OCCS. The Bertz CT molecular complexity index is 315. The molecule has 0 radical (unpaired) electrons. The van der Waals surface area contributed by atoms with Crippen molar-refractivity contribution in [1.82, 2.24) is 0 Å². The van der Waals surface area contributed by atoms with Gasteiger partial charge in [0.25, 0.3) is 0 Å². The van der Waals surface area contributed by atoms with E-state index in [-0.39, 0.29) is 5.97 Å². The van der Waals surface area contributed by atoms with Crippen LogP contribution in [0.25, 0.3) is 0 Å². The fraction of sp³-hybridized carbons (Fsp3) is 0.870. The lowest BCUT2D eigenvalue weighted by Crippen LogP contribution is -2.02. The molecular formula is C23H44O2S. The van der Waals surface area contributed by atoms with Gasteiger partial charge in [0.15, 0.2) is 0 Å². The fourth-order valence-corrected chi connectivity index (χ4v) is 3.28. The topological polar surface area (TPSA) is 26.3 Å². The van der Waals surface area contributed by atoms with Crippen LogP contribution in [0.3, 0.4) is 0 Å². The van der Waals surface area contributed by atoms with Crippen molar-refractivity contribution in [3.05, 3.63) is 12.2 Å². The van der Waals surface area contributed by atoms with Crippen LogP contribution in [0.1, 0.15) is 116 Å². The number of allylic oxidation sites excluding steroid dienone is 1. The molecule has 0 rings (SSSR count). The van der Waals surface area contributed by atoms with E-state index < -0.39 is 0 Å². The second-order valence-electron chi connectivity index (χ2n) is 7.39. The molecule has 0 aliphatic carbocycles. The molecule has 0 saturated carbocycles. The summed E-state index contributed by atoms with van der Waals surface area (Å²) in [6.45, 7) is 2.68. The highest BCUT2D eigenvalue weighted by atomic mass is 32.1. The van der Waals surface area contributed by atoms with E-state index in [1.54, 1.807) is 6.08 Å². The minimum absolute atomic E-state index is 0.240. The number of esters is 1. The summed E-state index contributed by atoms with van der Waals surface area (Å²) in [6, 6.07) is 0. The zero-order valence-electron chi connectivity index (χ0n) is 17.4. The van der Waals surface area contributed by atoms with Gasteiger partial charge in [0.1, 0.15) is 6.61 Å². The van der Waals surface area contributed by atoms with Crippen molar-refractivity contribution in [3.8, 4) is 0 Å². The molecule has 0 aromatic heterocycles. The maximum Gasteiger partial charge on any atom is 0.330 e. The van der Waals surface area contributed by atoms with Crippen molar-refractivity contribution in [3.63, 3.8) is 0 Å². The molecule has 0 amide bonds. The van der Waals surface area contributed by atoms with Gasteiger partial charge in [-0.2, -0.15) is 12.6 Å². The van der Waals surface area contributed by atoms with Gasteiger partial charge >= 0.3 is 5.97 Å². The van der Waals surface area contributed by atoms with Gasteiger partial charge in [-0.05, 0) is 12.8 Å². The van der Waals surface area contributed by atoms with E-state index in [1.165, 1.54) is 103 Å². The maximum absolute atomic E-state index is 11.2. The normalized spacial score (nSPS) is 11.3. The number of unbranched alkanes of at least 4 members (excludes halogenated alkanes) is 16. The Morgan fingerprint density at radius 2 is 1.15 bits per heavy atom. The Morgan fingerprint density at radius 1 is 0.731 bits per heavy atom. The fourth-order valence-electron chi connectivity index (χ4n) is 3.18. The number of hydrogen-bond acceptors (Lipinski definition) is 3. The van der Waals surface area contributed by atoms with E-state index in [4.69, 9.17) is 4.74 Å². The van der Waals surface area contributed by atoms with Crippen LogP contribution in [-0.4, -0.2) is 18.3 Å². The number of thiol groups is 1. The monoisotopic (exact) mass is 384 g/mol. The van der Waals surface area contributed by atoms with E-state index in [1.807, 2.05) is 6.08 Å². The Kier molecular flexibility index (Phi) is 22.2. The second-order valence-corrected chi connectivity index (χ2v) is 7.83. The van der Waals surface area contributed by atoms with Crippen molar-refractivity contribution in [1.29, 1.82) is 0 Å². The molecule has 0 heterocycles. The number of carbonyl (C=O) groups is 1. The van der Waals surface area contributed by atoms with Crippen LogP contribution in [0.4, 0.5) is 0 Å². The zero-order valence-corrected chi connectivity index (χ0v) is 18.2. The first kappa shape index (κ1) is 25.6. The molecule has 154 valence electrons. The van der Waals surface area contributed by atoms with Gasteiger partial charge in [0, 0.05) is 11.8 Å². The highest BCUT2D eigenvalue weighted by Crippen LogP contribution is 2.14. The molecule has 0 bridgehead atoms. The average molecular weight is 385 g/mol. The first-order chi connectivity index (χ1) is 12.8. The van der Waals surface area contributed by atoms with Gasteiger partial charge in [-0.15, -0.1) is 0 Å². The van der Waals surface area contributed by atoms with Crippen molar-refractivity contribution in [2.24, 2.45) is 0 Å². The summed E-state index contributed by atoms with van der Waals surface area (Å²) in [5.74, 6) is 0.342. The molecule has 0 atom stereocenters. The van der Waals surface area contributed by atoms with Gasteiger partial charge in [0.2, 0.25) is 0 Å². The largest absolute Gasteiger partial charge is 0.462 e. The Hall–Kier alpha value is -0.440. The molecule has 0 unspecified atom stereocenters. The van der Waals surface area contributed by atoms with Gasteiger partial charge < -0.3 is 4.74 Å². The Labute approximate surface area is 169 Å². The van der Waals surface area contributed by atoms with Crippen LogP contribution >= 0.6 is 12.6 Å². The third-order valence-corrected chi connectivity index (χ3v) is 5.00. The summed E-state index contributed by atoms with van der Waals surface area (Å²) in [5.41, 5.74) is 0. The molecule has 0 aromatic carbocycles. The Morgan fingerprint density at radius 3 is 1.58 bits per heavy atom. The minimum atomic E-state index is -0.240. The quantitative estimate of drug-likeness (QED) is 0.101. The first-order valence-corrected chi connectivity index (χ1v) is 11.9. The van der Waals surface area contributed by atoms with Crippen LogP contribution in [-0.2, 0) is 9.53 Å². The molecule has 0 fully saturated rings. The van der Waals surface area contributed by atoms with Crippen molar-refractivity contribution in [2.45, 2.75) is 116 Å². The summed E-state index contributed by atoms with van der Waals surface area (Å²) in [7, 11) is 0. The summed E-state index contributed by atoms with van der Waals surface area (Å²) in [4.78, 5) is 11.2. The van der Waals surface area contributed by atoms with Crippen LogP contribution < -0.4 is 0 Å². The second kappa shape index (κ2) is 22.6. The number of carbonyl (C=O) groups excluding carboxylic acids is 1. The first-order valence-electron chi connectivity index (χ1n) is 11.3. The van der Waals surface area contributed by atoms with Gasteiger partial charge in [-0.3, -0.25) is 0 Å². The van der Waals surface area contributed by atoms with Crippen molar-refractivity contribution < 1.29 is 9.53 Å². The lowest BCUT2D eigenvalue weighted by molar-refractivity contribution is -0.137. The molecule has 0 aliphatic heterocycles. The van der Waals surface area contributed by atoms with E-state index >= 15 is 0 Å². The molecule has 26 heavy (non-hydrogen) atoms. The molecular weight excluding hydrogens is 340 g/mol. The number of hydrogen-bond donors (Lipinski definition) is 1. The van der Waals surface area contributed by atoms with E-state index in [9.17, 15) is 4.79 Å². The zero-order chi connectivity index (χ0) is 19.1. The molecule has 0 aliphatic rings.